The van der Waals surface area contributed by atoms with Gasteiger partial charge in [-0.25, -0.2) is 5.01 Å². The highest BCUT2D eigenvalue weighted by atomic mass is 79.9. The third kappa shape index (κ3) is 3.43. The van der Waals surface area contributed by atoms with Crippen LogP contribution in [0.3, 0.4) is 0 Å². The fourth-order valence-electron chi connectivity index (χ4n) is 3.88. The van der Waals surface area contributed by atoms with E-state index in [0.29, 0.717) is 15.8 Å². The monoisotopic (exact) mass is 486 g/mol. The molecule has 0 radical (unpaired) electrons. The van der Waals surface area contributed by atoms with E-state index >= 15 is 0 Å². The Bertz CT molecular complexity index is 1110. The van der Waals surface area contributed by atoms with Gasteiger partial charge in [0.1, 0.15) is 5.75 Å². The summed E-state index contributed by atoms with van der Waals surface area (Å²) in [5.74, 6) is 0.690. The number of aryl methyl sites for hydroxylation is 1. The molecular weight excluding hydrogens is 471 g/mol. The van der Waals surface area contributed by atoms with Gasteiger partial charge < -0.3 is 4.74 Å². The van der Waals surface area contributed by atoms with Gasteiger partial charge in [-0.2, -0.15) is 5.10 Å². The molecule has 3 aromatic rings. The van der Waals surface area contributed by atoms with Gasteiger partial charge in [-0.1, -0.05) is 81.1 Å². The highest BCUT2D eigenvalue weighted by Crippen LogP contribution is 2.50. The highest BCUT2D eigenvalue weighted by Gasteiger charge is 2.42. The van der Waals surface area contributed by atoms with Crippen LogP contribution in [0.2, 0.25) is 10.0 Å². The Balaban J connectivity index is 1.62. The van der Waals surface area contributed by atoms with Crippen LogP contribution < -0.4 is 4.74 Å². The molecule has 5 rings (SSSR count). The summed E-state index contributed by atoms with van der Waals surface area (Å²) in [4.78, 5) is 0. The molecule has 0 amide bonds. The number of hydrogen-bond acceptors (Lipinski definition) is 3. The summed E-state index contributed by atoms with van der Waals surface area (Å²) in [7, 11) is 0. The molecule has 3 nitrogen and oxygen atoms in total. The lowest BCUT2D eigenvalue weighted by Crippen LogP contribution is -2.33. The zero-order valence-electron chi connectivity index (χ0n) is 15.6. The molecule has 0 N–H and O–H groups in total. The van der Waals surface area contributed by atoms with Crippen LogP contribution >= 0.6 is 39.1 Å². The summed E-state index contributed by atoms with van der Waals surface area (Å²) >= 11 is 16.3. The molecule has 2 aliphatic heterocycles. The molecule has 2 aliphatic rings. The lowest BCUT2D eigenvalue weighted by Gasteiger charge is -2.38. The Morgan fingerprint density at radius 2 is 1.76 bits per heavy atom. The van der Waals surface area contributed by atoms with Crippen molar-refractivity contribution in [3.05, 3.63) is 97.4 Å². The van der Waals surface area contributed by atoms with E-state index in [9.17, 15) is 0 Å². The normalized spacial score (nSPS) is 20.0. The van der Waals surface area contributed by atoms with Gasteiger partial charge in [0.25, 0.3) is 0 Å². The Morgan fingerprint density at radius 3 is 2.48 bits per heavy atom. The third-order valence-electron chi connectivity index (χ3n) is 5.35. The van der Waals surface area contributed by atoms with E-state index in [1.807, 2.05) is 23.2 Å². The molecule has 0 fully saturated rings. The standard InChI is InChI=1S/C23H17BrCl2N2O/c1-13-2-4-15(5-3-13)23-28-21(18-10-17(25)11-19(26)22(18)29-23)12-20(27-28)14-6-8-16(24)9-7-14/h2-11,21,23H,12H2,1H3/t21-,23-/m1/s1. The van der Waals surface area contributed by atoms with Crippen LogP contribution in [-0.2, 0) is 0 Å². The first-order valence-corrected chi connectivity index (χ1v) is 10.9. The summed E-state index contributed by atoms with van der Waals surface area (Å²) in [6.45, 7) is 2.07. The van der Waals surface area contributed by atoms with Crippen molar-refractivity contribution in [3.63, 3.8) is 0 Å². The maximum atomic E-state index is 6.52. The van der Waals surface area contributed by atoms with Crippen LogP contribution in [-0.4, -0.2) is 10.7 Å². The first-order valence-electron chi connectivity index (χ1n) is 9.33. The van der Waals surface area contributed by atoms with Gasteiger partial charge in [0.15, 0.2) is 0 Å². The number of nitrogens with zero attached hydrogens (tertiary/aromatic N) is 2. The van der Waals surface area contributed by atoms with E-state index in [-0.39, 0.29) is 12.3 Å². The summed E-state index contributed by atoms with van der Waals surface area (Å²) in [6, 6.07) is 20.2. The predicted molar refractivity (Wildman–Crippen MR) is 121 cm³/mol. The second kappa shape index (κ2) is 7.35. The number of hydrogen-bond donors (Lipinski definition) is 0. The highest BCUT2D eigenvalue weighted by molar-refractivity contribution is 9.10. The van der Waals surface area contributed by atoms with Gasteiger partial charge in [0, 0.05) is 27.0 Å². The molecule has 0 unspecified atom stereocenters. The molecular formula is C23H17BrCl2N2O. The molecule has 146 valence electrons. The van der Waals surface area contributed by atoms with E-state index in [4.69, 9.17) is 33.0 Å². The molecule has 29 heavy (non-hydrogen) atoms. The maximum Gasteiger partial charge on any atom is 0.213 e. The largest absolute Gasteiger partial charge is 0.463 e. The molecule has 0 spiro atoms. The van der Waals surface area contributed by atoms with E-state index in [0.717, 1.165) is 33.3 Å². The van der Waals surface area contributed by atoms with Crippen molar-refractivity contribution < 1.29 is 4.74 Å². The van der Waals surface area contributed by atoms with Gasteiger partial charge in [0.2, 0.25) is 6.23 Å². The van der Waals surface area contributed by atoms with Gasteiger partial charge in [-0.15, -0.1) is 0 Å². The Hall–Kier alpha value is -2.01. The molecule has 3 aromatic carbocycles. The maximum absolute atomic E-state index is 6.52. The van der Waals surface area contributed by atoms with Crippen LogP contribution in [0.5, 0.6) is 5.75 Å². The quantitative estimate of drug-likeness (QED) is 0.378. The van der Waals surface area contributed by atoms with Gasteiger partial charge >= 0.3 is 0 Å². The molecule has 0 saturated heterocycles. The fraction of sp³-hybridized carbons (Fsp3) is 0.174. The summed E-state index contributed by atoms with van der Waals surface area (Å²) in [5.41, 5.74) is 5.33. The zero-order valence-corrected chi connectivity index (χ0v) is 18.7. The number of ether oxygens (including phenoxy) is 1. The minimum Gasteiger partial charge on any atom is -0.463 e. The number of rotatable bonds is 2. The molecule has 0 bridgehead atoms. The average molecular weight is 488 g/mol. The van der Waals surface area contributed by atoms with Crippen LogP contribution in [0, 0.1) is 6.92 Å². The molecule has 6 heteroatoms. The Morgan fingerprint density at radius 1 is 1.03 bits per heavy atom. The lowest BCUT2D eigenvalue weighted by molar-refractivity contribution is -0.0189. The van der Waals surface area contributed by atoms with E-state index in [1.165, 1.54) is 5.56 Å². The number of fused-ring (bicyclic) bond motifs is 3. The van der Waals surface area contributed by atoms with E-state index in [2.05, 4.69) is 59.3 Å². The Kier molecular flexibility index (Phi) is 4.81. The minimum atomic E-state index is -0.347. The molecule has 0 aliphatic carbocycles. The molecule has 0 aromatic heterocycles. The van der Waals surface area contributed by atoms with Crippen LogP contribution in [0.15, 0.2) is 70.2 Å². The summed E-state index contributed by atoms with van der Waals surface area (Å²) in [5, 5.41) is 8.14. The summed E-state index contributed by atoms with van der Waals surface area (Å²) < 4.78 is 7.43. The average Bonchev–Trinajstić information content (AvgIpc) is 3.14. The minimum absolute atomic E-state index is 0.0138. The lowest BCUT2D eigenvalue weighted by atomic mass is 9.96. The number of hydrazone groups is 1. The van der Waals surface area contributed by atoms with Gasteiger partial charge in [-0.05, 0) is 36.8 Å². The van der Waals surface area contributed by atoms with Crippen molar-refractivity contribution in [1.82, 2.24) is 5.01 Å². The molecule has 0 saturated carbocycles. The van der Waals surface area contributed by atoms with Crippen molar-refractivity contribution in [2.75, 3.05) is 0 Å². The van der Waals surface area contributed by atoms with Crippen molar-refractivity contribution >= 4 is 44.8 Å². The van der Waals surface area contributed by atoms with Crippen molar-refractivity contribution in [2.24, 2.45) is 5.10 Å². The smallest absolute Gasteiger partial charge is 0.213 e. The van der Waals surface area contributed by atoms with E-state index < -0.39 is 0 Å². The second-order valence-corrected chi connectivity index (χ2v) is 9.10. The molecule has 2 heterocycles. The van der Waals surface area contributed by atoms with Gasteiger partial charge in [0.05, 0.1) is 16.8 Å². The SMILES string of the molecule is Cc1ccc([C@H]2Oc3c(Cl)cc(Cl)cc3[C@H]3CC(c4ccc(Br)cc4)=NN32)cc1. The topological polar surface area (TPSA) is 24.8 Å². The second-order valence-electron chi connectivity index (χ2n) is 7.34. The zero-order chi connectivity index (χ0) is 20.1. The third-order valence-corrected chi connectivity index (χ3v) is 6.38. The number of benzene rings is 3. The van der Waals surface area contributed by atoms with Crippen molar-refractivity contribution in [1.29, 1.82) is 0 Å². The van der Waals surface area contributed by atoms with Crippen LogP contribution in [0.25, 0.3) is 0 Å². The predicted octanol–water partition coefficient (Wildman–Crippen LogP) is 7.31. The van der Waals surface area contributed by atoms with Gasteiger partial charge in [-0.3, -0.25) is 0 Å². The first kappa shape index (κ1) is 19.0. The summed E-state index contributed by atoms with van der Waals surface area (Å²) in [6.07, 6.45) is 0.413. The Labute approximate surface area is 188 Å². The first-order chi connectivity index (χ1) is 14.0. The van der Waals surface area contributed by atoms with Crippen LogP contribution in [0.1, 0.15) is 40.9 Å². The van der Waals surface area contributed by atoms with Crippen molar-refractivity contribution in [2.45, 2.75) is 25.6 Å². The van der Waals surface area contributed by atoms with E-state index in [1.54, 1.807) is 6.07 Å². The number of halogens is 3. The fourth-order valence-corrected chi connectivity index (χ4v) is 4.70. The van der Waals surface area contributed by atoms with Crippen LogP contribution in [0.4, 0.5) is 0 Å². The van der Waals surface area contributed by atoms with Crippen molar-refractivity contribution in [3.8, 4) is 5.75 Å². The molecule has 2 atom stereocenters.